The van der Waals surface area contributed by atoms with Gasteiger partial charge in [0.05, 0.1) is 4.88 Å². The highest BCUT2D eigenvalue weighted by molar-refractivity contribution is 7.12. The maximum absolute atomic E-state index is 12.6. The second-order valence-electron chi connectivity index (χ2n) is 5.05. The van der Waals surface area contributed by atoms with Crippen LogP contribution in [0, 0.1) is 5.92 Å². The Kier molecular flexibility index (Phi) is 6.30. The molecule has 0 radical (unpaired) electrons. The van der Waals surface area contributed by atoms with Crippen LogP contribution < -0.4 is 5.73 Å². The van der Waals surface area contributed by atoms with E-state index in [0.29, 0.717) is 12.5 Å². The summed E-state index contributed by atoms with van der Waals surface area (Å²) >= 11 is 1.56. The Morgan fingerprint density at radius 1 is 1.58 bits per heavy atom. The summed E-state index contributed by atoms with van der Waals surface area (Å²) in [4.78, 5) is 15.5. The summed E-state index contributed by atoms with van der Waals surface area (Å²) in [5.74, 6) is 0.696. The maximum atomic E-state index is 12.6. The van der Waals surface area contributed by atoms with Gasteiger partial charge in [-0.15, -0.1) is 23.7 Å². The molecule has 1 aromatic rings. The van der Waals surface area contributed by atoms with E-state index in [-0.39, 0.29) is 24.4 Å². The number of aryl methyl sites for hydroxylation is 1. The Morgan fingerprint density at radius 2 is 2.32 bits per heavy atom. The van der Waals surface area contributed by atoms with Crippen LogP contribution in [0.2, 0.25) is 0 Å². The summed E-state index contributed by atoms with van der Waals surface area (Å²) in [5.41, 5.74) is 7.02. The normalized spacial score (nSPS) is 23.0. The van der Waals surface area contributed by atoms with E-state index in [4.69, 9.17) is 5.73 Å². The summed E-state index contributed by atoms with van der Waals surface area (Å²) in [6.45, 7) is 5.72. The zero-order valence-corrected chi connectivity index (χ0v) is 13.2. The lowest BCUT2D eigenvalue weighted by Gasteiger charge is -2.39. The van der Waals surface area contributed by atoms with E-state index < -0.39 is 0 Å². The zero-order valence-electron chi connectivity index (χ0n) is 11.6. The van der Waals surface area contributed by atoms with Crippen molar-refractivity contribution in [1.82, 2.24) is 4.90 Å². The van der Waals surface area contributed by atoms with Crippen molar-refractivity contribution in [2.75, 3.05) is 13.1 Å². The Bertz CT molecular complexity index is 421. The molecular weight excluding hydrogens is 280 g/mol. The fourth-order valence-electron chi connectivity index (χ4n) is 2.79. The topological polar surface area (TPSA) is 46.3 Å². The maximum Gasteiger partial charge on any atom is 0.264 e. The molecule has 1 aliphatic rings. The second-order valence-corrected chi connectivity index (χ2v) is 5.97. The van der Waals surface area contributed by atoms with Gasteiger partial charge in [-0.1, -0.05) is 13.8 Å². The summed E-state index contributed by atoms with van der Waals surface area (Å²) in [5, 5.41) is 2.01. The lowest BCUT2D eigenvalue weighted by molar-refractivity contribution is 0.0536. The molecule has 2 atom stereocenters. The first-order valence-corrected chi connectivity index (χ1v) is 7.64. The van der Waals surface area contributed by atoms with Crippen LogP contribution in [-0.4, -0.2) is 29.9 Å². The first kappa shape index (κ1) is 16.5. The van der Waals surface area contributed by atoms with Crippen molar-refractivity contribution >= 4 is 29.7 Å². The van der Waals surface area contributed by atoms with Crippen LogP contribution in [0.25, 0.3) is 0 Å². The van der Waals surface area contributed by atoms with Gasteiger partial charge in [-0.25, -0.2) is 0 Å². The first-order valence-electron chi connectivity index (χ1n) is 6.76. The molecule has 2 rings (SSSR count). The lowest BCUT2D eigenvalue weighted by Crippen LogP contribution is -2.51. The van der Waals surface area contributed by atoms with Crippen molar-refractivity contribution in [1.29, 1.82) is 0 Å². The highest BCUT2D eigenvalue weighted by Gasteiger charge is 2.32. The van der Waals surface area contributed by atoms with Crippen molar-refractivity contribution < 1.29 is 4.79 Å². The standard InChI is InChI=1S/C14H22N2OS.ClH/c1-3-11-6-8-18-13(11)14(17)16-7-4-5-10(2)12(16)9-15;/h6,8,10,12H,3-5,7,9,15H2,1-2H3;1H. The minimum atomic E-state index is 0. The average Bonchev–Trinajstić information content (AvgIpc) is 2.85. The van der Waals surface area contributed by atoms with Crippen molar-refractivity contribution in [3.63, 3.8) is 0 Å². The lowest BCUT2D eigenvalue weighted by atomic mass is 9.90. The molecule has 1 amide bonds. The van der Waals surface area contributed by atoms with Crippen LogP contribution in [0.1, 0.15) is 41.9 Å². The molecule has 0 aromatic carbocycles. The zero-order chi connectivity index (χ0) is 13.1. The molecule has 108 valence electrons. The molecule has 1 saturated heterocycles. The summed E-state index contributed by atoms with van der Waals surface area (Å²) < 4.78 is 0. The van der Waals surface area contributed by atoms with Crippen LogP contribution in [0.4, 0.5) is 0 Å². The number of nitrogens with two attached hydrogens (primary N) is 1. The van der Waals surface area contributed by atoms with Crippen LogP contribution in [0.3, 0.4) is 0 Å². The summed E-state index contributed by atoms with van der Waals surface area (Å²) in [6, 6.07) is 2.26. The van der Waals surface area contributed by atoms with E-state index >= 15 is 0 Å². The summed E-state index contributed by atoms with van der Waals surface area (Å²) in [7, 11) is 0. The number of hydrogen-bond acceptors (Lipinski definition) is 3. The van der Waals surface area contributed by atoms with E-state index in [9.17, 15) is 4.79 Å². The van der Waals surface area contributed by atoms with Gasteiger partial charge in [0.25, 0.3) is 5.91 Å². The van der Waals surface area contributed by atoms with Crippen LogP contribution in [-0.2, 0) is 6.42 Å². The van der Waals surface area contributed by atoms with Gasteiger partial charge in [-0.05, 0) is 42.2 Å². The largest absolute Gasteiger partial charge is 0.333 e. The molecule has 0 bridgehead atoms. The molecule has 2 unspecified atom stereocenters. The number of hydrogen-bond donors (Lipinski definition) is 1. The molecule has 1 aliphatic heterocycles. The molecular formula is C14H23ClN2OS. The van der Waals surface area contributed by atoms with Crippen molar-refractivity contribution in [2.45, 2.75) is 39.2 Å². The number of piperidine rings is 1. The molecule has 0 saturated carbocycles. The highest BCUT2D eigenvalue weighted by Crippen LogP contribution is 2.27. The average molecular weight is 303 g/mol. The van der Waals surface area contributed by atoms with Crippen LogP contribution in [0.5, 0.6) is 0 Å². The second kappa shape index (κ2) is 7.27. The van der Waals surface area contributed by atoms with Gasteiger partial charge in [-0.2, -0.15) is 0 Å². The Labute approximate surface area is 125 Å². The quantitative estimate of drug-likeness (QED) is 0.933. The first-order chi connectivity index (χ1) is 8.69. The number of nitrogens with zero attached hydrogens (tertiary/aromatic N) is 1. The number of halogens is 1. The van der Waals surface area contributed by atoms with Crippen LogP contribution in [0.15, 0.2) is 11.4 Å². The van der Waals surface area contributed by atoms with Gasteiger partial charge in [0.1, 0.15) is 0 Å². The SMILES string of the molecule is CCc1ccsc1C(=O)N1CCCC(C)C1CN.Cl. The van der Waals surface area contributed by atoms with Crippen molar-refractivity contribution in [3.05, 3.63) is 21.9 Å². The van der Waals surface area contributed by atoms with E-state index in [2.05, 4.69) is 19.9 Å². The molecule has 0 aliphatic carbocycles. The smallest absolute Gasteiger partial charge is 0.264 e. The van der Waals surface area contributed by atoms with E-state index in [1.807, 2.05) is 10.3 Å². The predicted octanol–water partition coefficient (Wildman–Crippen LogP) is 2.93. The third-order valence-corrected chi connectivity index (χ3v) is 4.88. The monoisotopic (exact) mass is 302 g/mol. The number of thiophene rings is 1. The summed E-state index contributed by atoms with van der Waals surface area (Å²) in [6.07, 6.45) is 3.19. The Hall–Kier alpha value is -0.580. The Morgan fingerprint density at radius 3 is 2.95 bits per heavy atom. The number of amides is 1. The molecule has 19 heavy (non-hydrogen) atoms. The third kappa shape index (κ3) is 3.30. The molecule has 1 fully saturated rings. The molecule has 3 nitrogen and oxygen atoms in total. The van der Waals surface area contributed by atoms with E-state index in [0.717, 1.165) is 24.3 Å². The number of rotatable bonds is 3. The Balaban J connectivity index is 0.00000180. The van der Waals surface area contributed by atoms with Gasteiger partial charge >= 0.3 is 0 Å². The van der Waals surface area contributed by atoms with Gasteiger partial charge in [0, 0.05) is 19.1 Å². The molecule has 0 spiro atoms. The third-order valence-electron chi connectivity index (χ3n) is 3.94. The number of carbonyl (C=O) groups excluding carboxylic acids is 1. The fourth-order valence-corrected chi connectivity index (χ4v) is 3.74. The minimum absolute atomic E-state index is 0. The number of carbonyl (C=O) groups is 1. The highest BCUT2D eigenvalue weighted by atomic mass is 35.5. The number of likely N-dealkylation sites (tertiary alicyclic amines) is 1. The predicted molar refractivity (Wildman–Crippen MR) is 83.2 cm³/mol. The molecule has 1 aromatic heterocycles. The van der Waals surface area contributed by atoms with Crippen molar-refractivity contribution in [3.8, 4) is 0 Å². The fraction of sp³-hybridized carbons (Fsp3) is 0.643. The van der Waals surface area contributed by atoms with E-state index in [1.54, 1.807) is 11.3 Å². The molecule has 2 N–H and O–H groups in total. The van der Waals surface area contributed by atoms with E-state index in [1.165, 1.54) is 12.0 Å². The van der Waals surface area contributed by atoms with Gasteiger partial charge < -0.3 is 10.6 Å². The molecule has 5 heteroatoms. The van der Waals surface area contributed by atoms with Gasteiger partial charge in [-0.3, -0.25) is 4.79 Å². The minimum Gasteiger partial charge on any atom is -0.333 e. The van der Waals surface area contributed by atoms with Crippen LogP contribution >= 0.6 is 23.7 Å². The molecule has 2 heterocycles. The van der Waals surface area contributed by atoms with Gasteiger partial charge in [0.2, 0.25) is 0 Å². The van der Waals surface area contributed by atoms with Gasteiger partial charge in [0.15, 0.2) is 0 Å². The van der Waals surface area contributed by atoms with Crippen molar-refractivity contribution in [2.24, 2.45) is 11.7 Å².